The first-order valence-electron chi connectivity index (χ1n) is 12.0. The van der Waals surface area contributed by atoms with Crippen LogP contribution in [0.5, 0.6) is 5.75 Å². The molecule has 0 unspecified atom stereocenters. The van der Waals surface area contributed by atoms with Crippen LogP contribution in [0.3, 0.4) is 0 Å². The van der Waals surface area contributed by atoms with Crippen LogP contribution in [0.15, 0.2) is 41.0 Å². The summed E-state index contributed by atoms with van der Waals surface area (Å²) >= 11 is 0. The van der Waals surface area contributed by atoms with Crippen LogP contribution in [0.2, 0.25) is 0 Å². The number of imide groups is 1. The summed E-state index contributed by atoms with van der Waals surface area (Å²) in [7, 11) is 0. The maximum atomic E-state index is 13.3. The van der Waals surface area contributed by atoms with Crippen molar-refractivity contribution in [1.82, 2.24) is 4.90 Å². The quantitative estimate of drug-likeness (QED) is 0.273. The van der Waals surface area contributed by atoms with E-state index in [0.29, 0.717) is 17.8 Å². The zero-order chi connectivity index (χ0) is 22.9. The molecular formula is C27H34N2O3. The van der Waals surface area contributed by atoms with Gasteiger partial charge in [-0.3, -0.25) is 14.5 Å². The Hall–Kier alpha value is -2.87. The highest BCUT2D eigenvalue weighted by molar-refractivity contribution is 6.19. The predicted molar refractivity (Wildman–Crippen MR) is 126 cm³/mol. The highest BCUT2D eigenvalue weighted by Gasteiger charge is 2.39. The third-order valence-electron chi connectivity index (χ3n) is 6.42. The molecule has 1 fully saturated rings. The average molecular weight is 435 g/mol. The lowest BCUT2D eigenvalue weighted by molar-refractivity contribution is -0.143. The largest absolute Gasteiger partial charge is 0.494 e. The predicted octanol–water partition coefficient (Wildman–Crippen LogP) is 5.96. The normalized spacial score (nSPS) is 18.9. The van der Waals surface area contributed by atoms with Crippen molar-refractivity contribution in [3.05, 3.63) is 46.5 Å². The highest BCUT2D eigenvalue weighted by atomic mass is 16.5. The molecule has 3 rings (SSSR count). The maximum absolute atomic E-state index is 13.3. The number of hydrogen-bond acceptors (Lipinski definition) is 4. The number of carbonyl (C=O) groups excluding carboxylic acids is 2. The van der Waals surface area contributed by atoms with Crippen molar-refractivity contribution in [3.8, 4) is 11.8 Å². The second-order valence-corrected chi connectivity index (χ2v) is 8.77. The molecule has 1 saturated carbocycles. The SMILES string of the molecule is CCCCCCCOc1ccc(/C=C2/C(=O)N(C3CCCCC3)C(=O)C(C#N)=C2C)cc1. The summed E-state index contributed by atoms with van der Waals surface area (Å²) in [4.78, 5) is 27.5. The van der Waals surface area contributed by atoms with Crippen LogP contribution in [0.1, 0.15) is 83.6 Å². The standard InChI is InChI=1S/C27H34N2O3/c1-3-4-5-6-10-17-32-23-15-13-21(14-16-23)18-24-20(2)25(19-28)27(31)29(26(24)30)22-11-8-7-9-12-22/h13-16,18,22H,3-12,17H2,1-2H3/b24-18+. The van der Waals surface area contributed by atoms with Gasteiger partial charge in [-0.15, -0.1) is 0 Å². The van der Waals surface area contributed by atoms with E-state index in [1.165, 1.54) is 30.6 Å². The van der Waals surface area contributed by atoms with E-state index in [2.05, 4.69) is 6.92 Å². The number of rotatable bonds is 9. The number of amides is 2. The van der Waals surface area contributed by atoms with Gasteiger partial charge in [-0.1, -0.05) is 64.0 Å². The number of nitriles is 1. The van der Waals surface area contributed by atoms with Crippen LogP contribution in [0.4, 0.5) is 0 Å². The van der Waals surface area contributed by atoms with Gasteiger partial charge in [0.1, 0.15) is 17.4 Å². The van der Waals surface area contributed by atoms with Crippen LogP contribution in [-0.4, -0.2) is 29.4 Å². The van der Waals surface area contributed by atoms with E-state index in [1.807, 2.05) is 30.3 Å². The van der Waals surface area contributed by atoms with E-state index in [-0.39, 0.29) is 17.5 Å². The third-order valence-corrected chi connectivity index (χ3v) is 6.42. The molecule has 0 N–H and O–H groups in total. The van der Waals surface area contributed by atoms with E-state index >= 15 is 0 Å². The number of unbranched alkanes of at least 4 members (excludes halogenated alkanes) is 4. The summed E-state index contributed by atoms with van der Waals surface area (Å²) in [5.74, 6) is 0.0779. The number of carbonyl (C=O) groups is 2. The van der Waals surface area contributed by atoms with E-state index in [0.717, 1.165) is 49.8 Å². The first-order valence-corrected chi connectivity index (χ1v) is 12.0. The minimum Gasteiger partial charge on any atom is -0.494 e. The van der Waals surface area contributed by atoms with Crippen LogP contribution < -0.4 is 4.74 Å². The molecule has 0 radical (unpaired) electrons. The van der Waals surface area contributed by atoms with Crippen molar-refractivity contribution in [2.24, 2.45) is 0 Å². The Balaban J connectivity index is 1.74. The van der Waals surface area contributed by atoms with Gasteiger partial charge in [-0.05, 0) is 55.5 Å². The average Bonchev–Trinajstić information content (AvgIpc) is 2.81. The highest BCUT2D eigenvalue weighted by Crippen LogP contribution is 2.32. The first-order chi connectivity index (χ1) is 15.6. The maximum Gasteiger partial charge on any atom is 0.271 e. The Morgan fingerprint density at radius 3 is 2.38 bits per heavy atom. The molecule has 2 aliphatic rings. The molecule has 170 valence electrons. The molecule has 0 atom stereocenters. The first kappa shape index (κ1) is 23.8. The number of benzene rings is 1. The summed E-state index contributed by atoms with van der Waals surface area (Å²) in [5, 5.41) is 9.59. The third kappa shape index (κ3) is 5.68. The molecule has 0 saturated heterocycles. The Labute approximate surface area is 191 Å². The molecule has 2 amide bonds. The number of ether oxygens (including phenoxy) is 1. The zero-order valence-corrected chi connectivity index (χ0v) is 19.4. The lowest BCUT2D eigenvalue weighted by Crippen LogP contribution is -2.49. The van der Waals surface area contributed by atoms with Gasteiger partial charge < -0.3 is 4.74 Å². The summed E-state index contributed by atoms with van der Waals surface area (Å²) < 4.78 is 5.83. The van der Waals surface area contributed by atoms with Crippen LogP contribution in [-0.2, 0) is 9.59 Å². The summed E-state index contributed by atoms with van der Waals surface area (Å²) in [6, 6.07) is 9.55. The zero-order valence-electron chi connectivity index (χ0n) is 19.4. The molecule has 1 heterocycles. The minimum absolute atomic E-state index is 0.0736. The summed E-state index contributed by atoms with van der Waals surface area (Å²) in [5.41, 5.74) is 1.81. The van der Waals surface area contributed by atoms with Gasteiger partial charge in [0, 0.05) is 11.6 Å². The van der Waals surface area contributed by atoms with Crippen LogP contribution in [0.25, 0.3) is 6.08 Å². The molecule has 32 heavy (non-hydrogen) atoms. The van der Waals surface area contributed by atoms with Crippen molar-refractivity contribution >= 4 is 17.9 Å². The fourth-order valence-electron chi connectivity index (χ4n) is 4.49. The Bertz CT molecular complexity index is 915. The molecule has 1 aromatic rings. The number of hydrogen-bond donors (Lipinski definition) is 0. The van der Waals surface area contributed by atoms with Crippen molar-refractivity contribution in [3.63, 3.8) is 0 Å². The molecule has 1 aromatic carbocycles. The van der Waals surface area contributed by atoms with Crippen molar-refractivity contribution in [2.45, 2.75) is 84.1 Å². The van der Waals surface area contributed by atoms with Gasteiger partial charge in [0.2, 0.25) is 0 Å². The minimum atomic E-state index is -0.443. The molecule has 0 bridgehead atoms. The van der Waals surface area contributed by atoms with Gasteiger partial charge in [-0.25, -0.2) is 0 Å². The molecular weight excluding hydrogens is 400 g/mol. The molecule has 0 spiro atoms. The van der Waals surface area contributed by atoms with Gasteiger partial charge in [0.05, 0.1) is 6.61 Å². The Kier molecular flexibility index (Phi) is 8.67. The topological polar surface area (TPSA) is 70.4 Å². The fraction of sp³-hybridized carbons (Fsp3) is 0.519. The van der Waals surface area contributed by atoms with Crippen molar-refractivity contribution in [1.29, 1.82) is 5.26 Å². The molecule has 5 nitrogen and oxygen atoms in total. The van der Waals surface area contributed by atoms with Gasteiger partial charge >= 0.3 is 0 Å². The van der Waals surface area contributed by atoms with E-state index in [1.54, 1.807) is 13.0 Å². The van der Waals surface area contributed by atoms with Crippen LogP contribution >= 0.6 is 0 Å². The molecule has 1 aliphatic heterocycles. The Morgan fingerprint density at radius 1 is 1.03 bits per heavy atom. The molecule has 1 aliphatic carbocycles. The van der Waals surface area contributed by atoms with E-state index in [9.17, 15) is 14.9 Å². The van der Waals surface area contributed by atoms with Crippen molar-refractivity contribution in [2.75, 3.05) is 6.61 Å². The van der Waals surface area contributed by atoms with E-state index < -0.39 is 5.91 Å². The molecule has 0 aromatic heterocycles. The summed E-state index contributed by atoms with van der Waals surface area (Å²) in [6.45, 7) is 4.60. The van der Waals surface area contributed by atoms with E-state index in [4.69, 9.17) is 4.74 Å². The van der Waals surface area contributed by atoms with Crippen LogP contribution in [0, 0.1) is 11.3 Å². The molecule has 5 heteroatoms. The smallest absolute Gasteiger partial charge is 0.271 e. The lowest BCUT2D eigenvalue weighted by Gasteiger charge is -2.36. The van der Waals surface area contributed by atoms with Gasteiger partial charge in [0.25, 0.3) is 11.8 Å². The second kappa shape index (κ2) is 11.7. The summed E-state index contributed by atoms with van der Waals surface area (Å²) in [6.07, 6.45) is 12.5. The fourth-order valence-corrected chi connectivity index (χ4v) is 4.49. The van der Waals surface area contributed by atoms with Crippen molar-refractivity contribution < 1.29 is 14.3 Å². The van der Waals surface area contributed by atoms with Gasteiger partial charge in [-0.2, -0.15) is 5.26 Å². The lowest BCUT2D eigenvalue weighted by atomic mass is 9.88. The monoisotopic (exact) mass is 434 g/mol. The number of nitrogens with zero attached hydrogens (tertiary/aromatic N) is 2. The van der Waals surface area contributed by atoms with Gasteiger partial charge in [0.15, 0.2) is 0 Å². The Morgan fingerprint density at radius 2 is 1.72 bits per heavy atom. The second-order valence-electron chi connectivity index (χ2n) is 8.77.